The van der Waals surface area contributed by atoms with Crippen LogP contribution in [-0.2, 0) is 20.8 Å². The van der Waals surface area contributed by atoms with Gasteiger partial charge in [-0.1, -0.05) is 19.1 Å². The molecule has 2 aromatic rings. The number of nitrogens with one attached hydrogen (secondary N) is 2. The number of hydrogen-bond acceptors (Lipinski definition) is 5. The van der Waals surface area contributed by atoms with Crippen molar-refractivity contribution in [2.75, 3.05) is 18.1 Å². The summed E-state index contributed by atoms with van der Waals surface area (Å²) in [4.78, 5) is 38.1. The van der Waals surface area contributed by atoms with E-state index in [0.29, 0.717) is 11.3 Å². The van der Waals surface area contributed by atoms with Crippen molar-refractivity contribution < 1.29 is 19.1 Å². The Balaban J connectivity index is 1.45. The second-order valence-corrected chi connectivity index (χ2v) is 6.89. The summed E-state index contributed by atoms with van der Waals surface area (Å²) in [5.74, 6) is -1.22. The molecule has 1 fully saturated rings. The molecule has 1 atom stereocenters. The van der Waals surface area contributed by atoms with Crippen LogP contribution in [0, 0.1) is 17.2 Å². The maximum Gasteiger partial charge on any atom is 0.276 e. The largest absolute Gasteiger partial charge is 0.484 e. The fraction of sp³-hybridized carbons (Fsp3) is 0.273. The molecule has 3 rings (SSSR count). The number of aryl methyl sites for hydroxylation is 1. The quantitative estimate of drug-likeness (QED) is 0.710. The molecule has 1 aliphatic rings. The standard InChI is InChI=1S/C22H22N4O4/c1-2-15-3-7-18(8-4-15)26-13-17(11-21(26)28)22(29)25-24-20(27)14-30-19-9-5-16(12-23)6-10-19/h3-10,17H,2,11,13-14H2,1H3,(H,24,27)(H,25,29). The Morgan fingerprint density at radius 1 is 1.13 bits per heavy atom. The number of nitrogens with zero attached hydrogens (tertiary/aromatic N) is 2. The van der Waals surface area contributed by atoms with Crippen LogP contribution in [0.2, 0.25) is 0 Å². The number of rotatable bonds is 6. The SMILES string of the molecule is CCc1ccc(N2CC(C(=O)NNC(=O)COc3ccc(C#N)cc3)CC2=O)cc1. The van der Waals surface area contributed by atoms with Gasteiger partial charge in [-0.05, 0) is 48.4 Å². The van der Waals surface area contributed by atoms with Crippen LogP contribution in [0.15, 0.2) is 48.5 Å². The minimum Gasteiger partial charge on any atom is -0.484 e. The molecule has 2 aromatic carbocycles. The molecule has 3 amide bonds. The second-order valence-electron chi connectivity index (χ2n) is 6.89. The number of benzene rings is 2. The molecule has 8 nitrogen and oxygen atoms in total. The maximum atomic E-state index is 12.3. The van der Waals surface area contributed by atoms with Crippen LogP contribution < -0.4 is 20.5 Å². The summed E-state index contributed by atoms with van der Waals surface area (Å²) in [5, 5.41) is 8.76. The average Bonchev–Trinajstić information content (AvgIpc) is 3.18. The summed E-state index contributed by atoms with van der Waals surface area (Å²) < 4.78 is 5.30. The zero-order valence-electron chi connectivity index (χ0n) is 16.6. The lowest BCUT2D eigenvalue weighted by molar-refractivity contribution is -0.132. The Labute approximate surface area is 174 Å². The van der Waals surface area contributed by atoms with Gasteiger partial charge in [-0.15, -0.1) is 0 Å². The minimum absolute atomic E-state index is 0.0823. The van der Waals surface area contributed by atoms with Crippen LogP contribution in [0.25, 0.3) is 0 Å². The number of carbonyl (C=O) groups excluding carboxylic acids is 3. The van der Waals surface area contributed by atoms with E-state index in [1.54, 1.807) is 29.2 Å². The first-order chi connectivity index (χ1) is 14.5. The fourth-order valence-electron chi connectivity index (χ4n) is 3.09. The van der Waals surface area contributed by atoms with E-state index in [-0.39, 0.29) is 25.5 Å². The highest BCUT2D eigenvalue weighted by atomic mass is 16.5. The first kappa shape index (κ1) is 20.9. The first-order valence-corrected chi connectivity index (χ1v) is 9.61. The van der Waals surface area contributed by atoms with E-state index in [4.69, 9.17) is 10.00 Å². The zero-order valence-corrected chi connectivity index (χ0v) is 16.6. The molecule has 0 spiro atoms. The number of carbonyl (C=O) groups is 3. The molecule has 1 saturated heterocycles. The van der Waals surface area contributed by atoms with Crippen molar-refractivity contribution in [1.82, 2.24) is 10.9 Å². The van der Waals surface area contributed by atoms with Gasteiger partial charge in [0, 0.05) is 18.7 Å². The van der Waals surface area contributed by atoms with Crippen LogP contribution in [0.5, 0.6) is 5.75 Å². The van der Waals surface area contributed by atoms with Crippen molar-refractivity contribution in [2.45, 2.75) is 19.8 Å². The Bertz CT molecular complexity index is 964. The lowest BCUT2D eigenvalue weighted by atomic mass is 10.1. The summed E-state index contributed by atoms with van der Waals surface area (Å²) in [5.41, 5.74) is 7.06. The van der Waals surface area contributed by atoms with Gasteiger partial charge in [0.15, 0.2) is 6.61 Å². The highest BCUT2D eigenvalue weighted by Crippen LogP contribution is 2.25. The Morgan fingerprint density at radius 2 is 1.83 bits per heavy atom. The molecule has 1 unspecified atom stereocenters. The molecule has 0 aromatic heterocycles. The van der Waals surface area contributed by atoms with E-state index in [0.717, 1.165) is 12.1 Å². The van der Waals surface area contributed by atoms with Crippen molar-refractivity contribution in [3.05, 3.63) is 59.7 Å². The topological polar surface area (TPSA) is 112 Å². The van der Waals surface area contributed by atoms with Gasteiger partial charge in [-0.25, -0.2) is 0 Å². The predicted molar refractivity (Wildman–Crippen MR) is 109 cm³/mol. The number of ether oxygens (including phenoxy) is 1. The van der Waals surface area contributed by atoms with E-state index in [2.05, 4.69) is 17.8 Å². The van der Waals surface area contributed by atoms with Gasteiger partial charge >= 0.3 is 0 Å². The molecule has 0 aliphatic carbocycles. The highest BCUT2D eigenvalue weighted by molar-refractivity contribution is 6.00. The number of nitriles is 1. The number of hydrogen-bond donors (Lipinski definition) is 2. The predicted octanol–water partition coefficient (Wildman–Crippen LogP) is 1.70. The molecule has 1 heterocycles. The second kappa shape index (κ2) is 9.56. The van der Waals surface area contributed by atoms with Gasteiger partial charge in [0.25, 0.3) is 5.91 Å². The molecule has 2 N–H and O–H groups in total. The van der Waals surface area contributed by atoms with Gasteiger partial charge in [0.05, 0.1) is 17.6 Å². The van der Waals surface area contributed by atoms with E-state index in [9.17, 15) is 14.4 Å². The third-order valence-corrected chi connectivity index (χ3v) is 4.83. The summed E-state index contributed by atoms with van der Waals surface area (Å²) in [6, 6.07) is 16.0. The number of hydrazine groups is 1. The van der Waals surface area contributed by atoms with Gasteiger partial charge in [0.1, 0.15) is 5.75 Å². The minimum atomic E-state index is -0.553. The summed E-state index contributed by atoms with van der Waals surface area (Å²) in [7, 11) is 0. The van der Waals surface area contributed by atoms with E-state index < -0.39 is 17.7 Å². The van der Waals surface area contributed by atoms with Crippen molar-refractivity contribution in [1.29, 1.82) is 5.26 Å². The monoisotopic (exact) mass is 406 g/mol. The highest BCUT2D eigenvalue weighted by Gasteiger charge is 2.35. The van der Waals surface area contributed by atoms with Crippen LogP contribution in [0.3, 0.4) is 0 Å². The van der Waals surface area contributed by atoms with Gasteiger partial charge in [0.2, 0.25) is 11.8 Å². The molecule has 30 heavy (non-hydrogen) atoms. The summed E-state index contributed by atoms with van der Waals surface area (Å²) in [6.07, 6.45) is 0.993. The molecule has 0 bridgehead atoms. The summed E-state index contributed by atoms with van der Waals surface area (Å²) >= 11 is 0. The Hall–Kier alpha value is -3.86. The molecule has 0 radical (unpaired) electrons. The molecule has 154 valence electrons. The first-order valence-electron chi connectivity index (χ1n) is 9.61. The third-order valence-electron chi connectivity index (χ3n) is 4.83. The van der Waals surface area contributed by atoms with Crippen LogP contribution in [-0.4, -0.2) is 30.9 Å². The van der Waals surface area contributed by atoms with Gasteiger partial charge in [-0.2, -0.15) is 5.26 Å². The third kappa shape index (κ3) is 5.14. The average molecular weight is 406 g/mol. The Morgan fingerprint density at radius 3 is 2.47 bits per heavy atom. The number of amides is 3. The molecule has 8 heteroatoms. The van der Waals surface area contributed by atoms with Crippen molar-refractivity contribution in [3.63, 3.8) is 0 Å². The fourth-order valence-corrected chi connectivity index (χ4v) is 3.09. The molecule has 0 saturated carbocycles. The van der Waals surface area contributed by atoms with Crippen LogP contribution in [0.4, 0.5) is 5.69 Å². The van der Waals surface area contributed by atoms with Crippen molar-refractivity contribution in [3.8, 4) is 11.8 Å². The van der Waals surface area contributed by atoms with E-state index in [1.807, 2.05) is 30.3 Å². The van der Waals surface area contributed by atoms with Crippen molar-refractivity contribution >= 4 is 23.4 Å². The maximum absolute atomic E-state index is 12.3. The normalized spacial score (nSPS) is 15.4. The lowest BCUT2D eigenvalue weighted by Gasteiger charge is -2.17. The van der Waals surface area contributed by atoms with Crippen molar-refractivity contribution in [2.24, 2.45) is 5.92 Å². The van der Waals surface area contributed by atoms with Crippen LogP contribution >= 0.6 is 0 Å². The van der Waals surface area contributed by atoms with Gasteiger partial charge in [-0.3, -0.25) is 25.2 Å². The molecule has 1 aliphatic heterocycles. The van der Waals surface area contributed by atoms with E-state index >= 15 is 0 Å². The smallest absolute Gasteiger partial charge is 0.276 e. The molecular formula is C22H22N4O4. The molecular weight excluding hydrogens is 384 g/mol. The lowest BCUT2D eigenvalue weighted by Crippen LogP contribution is -2.46. The number of anilines is 1. The van der Waals surface area contributed by atoms with E-state index in [1.165, 1.54) is 5.56 Å². The zero-order chi connectivity index (χ0) is 21.5. The summed E-state index contributed by atoms with van der Waals surface area (Å²) in [6.45, 7) is 2.01. The van der Waals surface area contributed by atoms with Gasteiger partial charge < -0.3 is 9.64 Å². The Kier molecular flexibility index (Phi) is 6.65. The van der Waals surface area contributed by atoms with Crippen LogP contribution in [0.1, 0.15) is 24.5 Å².